The molecule has 11 heteroatoms. The van der Waals surface area contributed by atoms with E-state index in [2.05, 4.69) is 16.0 Å². The molecule has 1 aliphatic rings. The first kappa shape index (κ1) is 28.4. The Morgan fingerprint density at radius 2 is 1.84 bits per heavy atom. The van der Waals surface area contributed by atoms with Crippen molar-refractivity contribution in [3.05, 3.63) is 59.9 Å². The van der Waals surface area contributed by atoms with Crippen LogP contribution in [0.15, 0.2) is 48.5 Å². The third-order valence-electron chi connectivity index (χ3n) is 5.94. The molecule has 2 aromatic rings. The topological polar surface area (TPSA) is 126 Å². The minimum Gasteiger partial charge on any atom is -0.492 e. The molecule has 0 saturated heterocycles. The van der Waals surface area contributed by atoms with Crippen molar-refractivity contribution >= 4 is 23.6 Å². The number of carbonyl (C=O) groups is 4. The molecule has 1 aliphatic heterocycles. The van der Waals surface area contributed by atoms with E-state index in [0.29, 0.717) is 11.5 Å². The van der Waals surface area contributed by atoms with Gasteiger partial charge >= 0.3 is 0 Å². The lowest BCUT2D eigenvalue weighted by molar-refractivity contribution is -0.137. The summed E-state index contributed by atoms with van der Waals surface area (Å²) in [6.07, 6.45) is -0.389. The van der Waals surface area contributed by atoms with E-state index >= 15 is 0 Å². The summed E-state index contributed by atoms with van der Waals surface area (Å²) in [6, 6.07) is 9.92. The standard InChI is InChI=1S/C27H33FN4O6/c1-17(2)24-27(36)32(3)13-15-38-22-7-5-4-6-20(22)25(34)30-21(16-23(33)31-24)26(35)29-12-14-37-19-10-8-18(28)9-11-19/h4-11,17,21,24H,12-16H2,1-3H3,(H,29,35)(H,30,34)(H,31,33)/t21-,24+/m0/s1. The fourth-order valence-electron chi connectivity index (χ4n) is 3.79. The number of nitrogens with zero attached hydrogens (tertiary/aromatic N) is 1. The summed E-state index contributed by atoms with van der Waals surface area (Å²) in [5.41, 5.74) is 0.191. The number of hydrogen-bond donors (Lipinski definition) is 3. The first-order valence-electron chi connectivity index (χ1n) is 12.4. The van der Waals surface area contributed by atoms with Crippen LogP contribution < -0.4 is 25.4 Å². The summed E-state index contributed by atoms with van der Waals surface area (Å²) < 4.78 is 24.3. The molecular formula is C27H33FN4O6. The number of ether oxygens (including phenoxy) is 2. The Hall–Kier alpha value is -4.15. The van der Waals surface area contributed by atoms with Crippen LogP contribution in [0, 0.1) is 11.7 Å². The van der Waals surface area contributed by atoms with Crippen LogP contribution in [0.25, 0.3) is 0 Å². The number of hydrogen-bond acceptors (Lipinski definition) is 6. The smallest absolute Gasteiger partial charge is 0.255 e. The molecular weight excluding hydrogens is 495 g/mol. The minimum absolute atomic E-state index is 0.0712. The van der Waals surface area contributed by atoms with Crippen molar-refractivity contribution in [3.8, 4) is 11.5 Å². The van der Waals surface area contributed by atoms with Crippen molar-refractivity contribution in [2.45, 2.75) is 32.4 Å². The molecule has 2 atom stereocenters. The van der Waals surface area contributed by atoms with Crippen LogP contribution in [0.3, 0.4) is 0 Å². The summed E-state index contributed by atoms with van der Waals surface area (Å²) in [5.74, 6) is -1.93. The van der Waals surface area contributed by atoms with Gasteiger partial charge in [-0.3, -0.25) is 19.2 Å². The van der Waals surface area contributed by atoms with Gasteiger partial charge in [-0.2, -0.15) is 0 Å². The summed E-state index contributed by atoms with van der Waals surface area (Å²) in [7, 11) is 1.61. The average Bonchev–Trinajstić information content (AvgIpc) is 2.89. The van der Waals surface area contributed by atoms with Crippen LogP contribution in [-0.4, -0.2) is 74.0 Å². The Morgan fingerprint density at radius 3 is 2.55 bits per heavy atom. The number of fused-ring (bicyclic) bond motifs is 1. The van der Waals surface area contributed by atoms with Crippen LogP contribution in [0.1, 0.15) is 30.6 Å². The molecule has 0 spiro atoms. The second-order valence-corrected chi connectivity index (χ2v) is 9.22. The highest BCUT2D eigenvalue weighted by atomic mass is 19.1. The summed E-state index contributed by atoms with van der Waals surface area (Å²) in [5, 5.41) is 7.97. The lowest BCUT2D eigenvalue weighted by atomic mass is 10.0. The first-order valence-corrected chi connectivity index (χ1v) is 12.4. The van der Waals surface area contributed by atoms with Crippen LogP contribution in [-0.2, 0) is 14.4 Å². The maximum atomic E-state index is 13.1. The highest BCUT2D eigenvalue weighted by Crippen LogP contribution is 2.19. The number of halogens is 1. The van der Waals surface area contributed by atoms with E-state index in [4.69, 9.17) is 9.47 Å². The molecule has 0 unspecified atom stereocenters. The number of likely N-dealkylation sites (N-methyl/N-ethyl adjacent to an activating group) is 1. The third-order valence-corrected chi connectivity index (χ3v) is 5.94. The first-order chi connectivity index (χ1) is 18.2. The second-order valence-electron chi connectivity index (χ2n) is 9.22. The average molecular weight is 529 g/mol. The van der Waals surface area contributed by atoms with Gasteiger partial charge in [-0.05, 0) is 42.3 Å². The Balaban J connectivity index is 1.76. The van der Waals surface area contributed by atoms with Crippen LogP contribution in [0.4, 0.5) is 4.39 Å². The summed E-state index contributed by atoms with van der Waals surface area (Å²) in [4.78, 5) is 53.5. The third kappa shape index (κ3) is 7.92. The molecule has 0 aromatic heterocycles. The van der Waals surface area contributed by atoms with Crippen molar-refractivity contribution in [2.24, 2.45) is 5.92 Å². The zero-order valence-corrected chi connectivity index (χ0v) is 21.7. The number of nitrogens with one attached hydrogen (secondary N) is 3. The van der Waals surface area contributed by atoms with Gasteiger partial charge in [-0.15, -0.1) is 0 Å². The number of carbonyl (C=O) groups excluding carboxylic acids is 4. The molecule has 1 heterocycles. The predicted octanol–water partition coefficient (Wildman–Crippen LogP) is 1.50. The fourth-order valence-corrected chi connectivity index (χ4v) is 3.79. The van der Waals surface area contributed by atoms with Gasteiger partial charge in [0.1, 0.15) is 42.6 Å². The van der Waals surface area contributed by atoms with Gasteiger partial charge < -0.3 is 30.3 Å². The van der Waals surface area contributed by atoms with Crippen molar-refractivity contribution in [3.63, 3.8) is 0 Å². The molecule has 38 heavy (non-hydrogen) atoms. The molecule has 0 aliphatic carbocycles. The molecule has 3 rings (SSSR count). The largest absolute Gasteiger partial charge is 0.492 e. The van der Waals surface area contributed by atoms with E-state index in [1.165, 1.54) is 29.2 Å². The Labute approximate surface area is 220 Å². The van der Waals surface area contributed by atoms with Crippen molar-refractivity contribution in [1.29, 1.82) is 0 Å². The minimum atomic E-state index is -1.23. The molecule has 0 radical (unpaired) electrons. The van der Waals surface area contributed by atoms with Crippen molar-refractivity contribution < 1.29 is 33.0 Å². The van der Waals surface area contributed by atoms with Crippen LogP contribution in [0.5, 0.6) is 11.5 Å². The molecule has 4 amide bonds. The number of para-hydroxylation sites is 1. The highest BCUT2D eigenvalue weighted by molar-refractivity contribution is 6.01. The molecule has 2 aromatic carbocycles. The van der Waals surface area contributed by atoms with Crippen molar-refractivity contribution in [2.75, 3.05) is 33.4 Å². The molecule has 3 N–H and O–H groups in total. The lowest BCUT2D eigenvalue weighted by Gasteiger charge is -2.28. The maximum Gasteiger partial charge on any atom is 0.255 e. The Bertz CT molecular complexity index is 1140. The normalized spacial score (nSPS) is 19.0. The van der Waals surface area contributed by atoms with Crippen LogP contribution >= 0.6 is 0 Å². The SMILES string of the molecule is CC(C)[C@H]1NC(=O)C[C@@H](C(=O)NCCOc2ccc(F)cc2)NC(=O)c2ccccc2OCCN(C)C1=O. The van der Waals surface area contributed by atoms with Gasteiger partial charge in [-0.25, -0.2) is 4.39 Å². The van der Waals surface area contributed by atoms with E-state index in [1.54, 1.807) is 45.2 Å². The fraction of sp³-hybridized carbons (Fsp3) is 0.407. The van der Waals surface area contributed by atoms with E-state index in [-0.39, 0.29) is 50.1 Å². The van der Waals surface area contributed by atoms with Gasteiger partial charge in [0, 0.05) is 7.05 Å². The summed E-state index contributed by atoms with van der Waals surface area (Å²) >= 11 is 0. The zero-order valence-electron chi connectivity index (χ0n) is 21.7. The lowest BCUT2D eigenvalue weighted by Crippen LogP contribution is -2.54. The Kier molecular flexibility index (Phi) is 10.0. The Morgan fingerprint density at radius 1 is 1.13 bits per heavy atom. The molecule has 0 saturated carbocycles. The maximum absolute atomic E-state index is 13.1. The van der Waals surface area contributed by atoms with Crippen molar-refractivity contribution in [1.82, 2.24) is 20.9 Å². The molecule has 0 fully saturated rings. The van der Waals surface area contributed by atoms with Gasteiger partial charge in [0.05, 0.1) is 25.1 Å². The van der Waals surface area contributed by atoms with Gasteiger partial charge in [0.25, 0.3) is 5.91 Å². The second kappa shape index (κ2) is 13.4. The van der Waals surface area contributed by atoms with Gasteiger partial charge in [-0.1, -0.05) is 26.0 Å². The van der Waals surface area contributed by atoms with E-state index in [9.17, 15) is 23.6 Å². The number of rotatable bonds is 6. The molecule has 204 valence electrons. The van der Waals surface area contributed by atoms with E-state index in [1.807, 2.05) is 0 Å². The van der Waals surface area contributed by atoms with Gasteiger partial charge in [0.2, 0.25) is 17.7 Å². The quantitative estimate of drug-likeness (QED) is 0.488. The van der Waals surface area contributed by atoms with E-state index < -0.39 is 35.6 Å². The zero-order chi connectivity index (χ0) is 27.7. The number of amides is 4. The molecule has 10 nitrogen and oxygen atoms in total. The van der Waals surface area contributed by atoms with Crippen LogP contribution in [0.2, 0.25) is 0 Å². The monoisotopic (exact) mass is 528 g/mol. The van der Waals surface area contributed by atoms with E-state index in [0.717, 1.165) is 0 Å². The summed E-state index contributed by atoms with van der Waals surface area (Å²) in [6.45, 7) is 4.14. The predicted molar refractivity (Wildman–Crippen MR) is 137 cm³/mol. The molecule has 0 bridgehead atoms. The highest BCUT2D eigenvalue weighted by Gasteiger charge is 2.31. The van der Waals surface area contributed by atoms with Gasteiger partial charge in [0.15, 0.2) is 0 Å². The number of benzene rings is 2.